The minimum Gasteiger partial charge on any atom is -0.466 e. The summed E-state index contributed by atoms with van der Waals surface area (Å²) in [5.41, 5.74) is -1.71. The van der Waals surface area contributed by atoms with Crippen molar-refractivity contribution in [3.8, 4) is 0 Å². The van der Waals surface area contributed by atoms with Crippen molar-refractivity contribution in [2.24, 2.45) is 0 Å². The zero-order valence-corrected chi connectivity index (χ0v) is 17.3. The molecule has 0 aliphatic heterocycles. The third kappa shape index (κ3) is 11.0. The Bertz CT molecular complexity index is 410. The van der Waals surface area contributed by atoms with E-state index in [4.69, 9.17) is 18.9 Å². The second-order valence-electron chi connectivity index (χ2n) is 6.42. The van der Waals surface area contributed by atoms with Gasteiger partial charge in [-0.25, -0.2) is 4.79 Å². The van der Waals surface area contributed by atoms with E-state index in [0.717, 1.165) is 32.1 Å². The van der Waals surface area contributed by atoms with Crippen LogP contribution >= 0.6 is 0 Å². The molecule has 0 aromatic carbocycles. The Morgan fingerprint density at radius 1 is 0.667 bits per heavy atom. The van der Waals surface area contributed by atoms with E-state index in [1.807, 2.05) is 20.8 Å². The van der Waals surface area contributed by atoms with Crippen molar-refractivity contribution in [3.05, 3.63) is 0 Å². The van der Waals surface area contributed by atoms with Gasteiger partial charge in [0.05, 0.1) is 32.7 Å². The van der Waals surface area contributed by atoms with Crippen molar-refractivity contribution in [2.45, 2.75) is 84.7 Å². The van der Waals surface area contributed by atoms with Crippen molar-refractivity contribution in [3.63, 3.8) is 0 Å². The van der Waals surface area contributed by atoms with Crippen LogP contribution in [-0.2, 0) is 33.3 Å². The first-order valence-electron chi connectivity index (χ1n) is 10.1. The second kappa shape index (κ2) is 15.4. The van der Waals surface area contributed by atoms with Crippen LogP contribution < -0.4 is 0 Å². The van der Waals surface area contributed by atoms with E-state index in [1.165, 1.54) is 0 Å². The van der Waals surface area contributed by atoms with Crippen molar-refractivity contribution in [1.29, 1.82) is 0 Å². The maximum Gasteiger partial charge on any atom is 0.339 e. The average molecular weight is 389 g/mol. The molecular formula is C20H36O7. The third-order valence-corrected chi connectivity index (χ3v) is 3.91. The van der Waals surface area contributed by atoms with Crippen molar-refractivity contribution >= 4 is 17.9 Å². The lowest BCUT2D eigenvalue weighted by molar-refractivity contribution is -0.185. The minimum absolute atomic E-state index is 0.146. The van der Waals surface area contributed by atoms with Crippen LogP contribution in [0.25, 0.3) is 0 Å². The molecule has 7 nitrogen and oxygen atoms in total. The average Bonchev–Trinajstić information content (AvgIpc) is 2.62. The summed E-state index contributed by atoms with van der Waals surface area (Å²) in [6.07, 6.45) is 4.01. The minimum atomic E-state index is -1.71. The summed E-state index contributed by atoms with van der Waals surface area (Å²) in [6, 6.07) is 0. The fraction of sp³-hybridized carbons (Fsp3) is 0.850. The largest absolute Gasteiger partial charge is 0.466 e. The zero-order valence-electron chi connectivity index (χ0n) is 17.3. The van der Waals surface area contributed by atoms with Gasteiger partial charge in [-0.05, 0) is 26.2 Å². The first-order valence-corrected chi connectivity index (χ1v) is 10.1. The molecule has 7 heteroatoms. The summed E-state index contributed by atoms with van der Waals surface area (Å²) < 4.78 is 21.2. The van der Waals surface area contributed by atoms with Gasteiger partial charge in [0.2, 0.25) is 0 Å². The van der Waals surface area contributed by atoms with Crippen molar-refractivity contribution in [1.82, 2.24) is 0 Å². The Kier molecular flexibility index (Phi) is 14.5. The maximum absolute atomic E-state index is 12.7. The lowest BCUT2D eigenvalue weighted by atomic mass is 9.95. The molecule has 0 fully saturated rings. The van der Waals surface area contributed by atoms with Crippen molar-refractivity contribution in [2.75, 3.05) is 26.4 Å². The predicted octanol–water partition coefficient (Wildman–Crippen LogP) is 3.57. The number of hydrogen-bond donors (Lipinski definition) is 0. The number of hydrogen-bond acceptors (Lipinski definition) is 7. The normalized spacial score (nSPS) is 11.1. The standard InChI is InChI=1S/C20H36O7/c1-5-9-12-24-17(21)15-20(27-8-4,19(23)26-14-11-7-3)16-18(22)25-13-10-6-2/h5-16H2,1-4H3. The number of ether oxygens (including phenoxy) is 4. The van der Waals surface area contributed by atoms with Gasteiger partial charge in [0, 0.05) is 6.61 Å². The van der Waals surface area contributed by atoms with Crippen molar-refractivity contribution < 1.29 is 33.3 Å². The summed E-state index contributed by atoms with van der Waals surface area (Å²) in [6.45, 7) is 8.52. The quantitative estimate of drug-likeness (QED) is 0.227. The van der Waals surface area contributed by atoms with Gasteiger partial charge in [-0.2, -0.15) is 0 Å². The molecule has 0 heterocycles. The van der Waals surface area contributed by atoms with Gasteiger partial charge in [0.1, 0.15) is 0 Å². The lowest BCUT2D eigenvalue weighted by Crippen LogP contribution is -2.47. The molecule has 158 valence electrons. The topological polar surface area (TPSA) is 88.1 Å². The van der Waals surface area contributed by atoms with E-state index < -0.39 is 23.5 Å². The molecule has 0 unspecified atom stereocenters. The Balaban J connectivity index is 5.20. The SMILES string of the molecule is CCCCOC(=O)CC(CC(=O)OCCCC)(OCC)C(=O)OCCCC. The summed E-state index contributed by atoms with van der Waals surface area (Å²) in [5, 5.41) is 0. The molecule has 0 radical (unpaired) electrons. The molecule has 27 heavy (non-hydrogen) atoms. The Morgan fingerprint density at radius 2 is 1.07 bits per heavy atom. The number of carbonyl (C=O) groups excluding carboxylic acids is 3. The molecule has 0 spiro atoms. The molecular weight excluding hydrogens is 352 g/mol. The molecule has 0 aromatic heterocycles. The molecule has 0 aliphatic rings. The van der Waals surface area contributed by atoms with Gasteiger partial charge in [-0.15, -0.1) is 0 Å². The van der Waals surface area contributed by atoms with Gasteiger partial charge < -0.3 is 18.9 Å². The molecule has 0 atom stereocenters. The number of unbranched alkanes of at least 4 members (excludes halogenated alkanes) is 3. The predicted molar refractivity (Wildman–Crippen MR) is 101 cm³/mol. The van der Waals surface area contributed by atoms with Crippen LogP contribution in [-0.4, -0.2) is 49.9 Å². The highest BCUT2D eigenvalue weighted by molar-refractivity contribution is 5.90. The summed E-state index contributed by atoms with van der Waals surface area (Å²) >= 11 is 0. The van der Waals surface area contributed by atoms with Gasteiger partial charge >= 0.3 is 17.9 Å². The van der Waals surface area contributed by atoms with E-state index in [1.54, 1.807) is 6.92 Å². The fourth-order valence-corrected chi connectivity index (χ4v) is 2.31. The molecule has 0 aromatic rings. The molecule has 0 amide bonds. The Morgan fingerprint density at radius 3 is 1.44 bits per heavy atom. The maximum atomic E-state index is 12.7. The molecule has 0 aliphatic carbocycles. The highest BCUT2D eigenvalue weighted by Gasteiger charge is 2.46. The molecule has 0 saturated heterocycles. The summed E-state index contributed by atoms with van der Waals surface area (Å²) in [7, 11) is 0. The second-order valence-corrected chi connectivity index (χ2v) is 6.42. The first kappa shape index (κ1) is 25.4. The van der Waals surface area contributed by atoms with Crippen LogP contribution in [0, 0.1) is 0 Å². The smallest absolute Gasteiger partial charge is 0.339 e. The Hall–Kier alpha value is -1.63. The highest BCUT2D eigenvalue weighted by Crippen LogP contribution is 2.25. The summed E-state index contributed by atoms with van der Waals surface area (Å²) in [5.74, 6) is -1.91. The molecule has 0 rings (SSSR count). The fourth-order valence-electron chi connectivity index (χ4n) is 2.31. The monoisotopic (exact) mass is 388 g/mol. The van der Waals surface area contributed by atoms with Crippen LogP contribution in [0.5, 0.6) is 0 Å². The molecule has 0 saturated carbocycles. The first-order chi connectivity index (χ1) is 13.0. The van der Waals surface area contributed by atoms with Crippen LogP contribution in [0.4, 0.5) is 0 Å². The van der Waals surface area contributed by atoms with Gasteiger partial charge in [-0.1, -0.05) is 40.0 Å². The van der Waals surface area contributed by atoms with E-state index >= 15 is 0 Å². The van der Waals surface area contributed by atoms with Crippen LogP contribution in [0.1, 0.15) is 79.1 Å². The van der Waals surface area contributed by atoms with Gasteiger partial charge in [0.15, 0.2) is 5.60 Å². The Labute approximate surface area is 163 Å². The number of esters is 3. The number of carbonyl (C=O) groups is 3. The lowest BCUT2D eigenvalue weighted by Gasteiger charge is -2.29. The summed E-state index contributed by atoms with van der Waals surface area (Å²) in [4.78, 5) is 37.1. The van der Waals surface area contributed by atoms with E-state index in [0.29, 0.717) is 6.42 Å². The van der Waals surface area contributed by atoms with E-state index in [2.05, 4.69) is 0 Å². The van der Waals surface area contributed by atoms with Crippen LogP contribution in [0.3, 0.4) is 0 Å². The highest BCUT2D eigenvalue weighted by atomic mass is 16.6. The van der Waals surface area contributed by atoms with Crippen LogP contribution in [0.15, 0.2) is 0 Å². The zero-order chi connectivity index (χ0) is 20.5. The molecule has 0 bridgehead atoms. The number of rotatable bonds is 16. The third-order valence-electron chi connectivity index (χ3n) is 3.91. The van der Waals surface area contributed by atoms with Crippen LogP contribution in [0.2, 0.25) is 0 Å². The van der Waals surface area contributed by atoms with Gasteiger partial charge in [0.25, 0.3) is 0 Å². The van der Waals surface area contributed by atoms with E-state index in [-0.39, 0.29) is 39.3 Å². The molecule has 0 N–H and O–H groups in total. The van der Waals surface area contributed by atoms with Gasteiger partial charge in [-0.3, -0.25) is 9.59 Å². The van der Waals surface area contributed by atoms with E-state index in [9.17, 15) is 14.4 Å².